The summed E-state index contributed by atoms with van der Waals surface area (Å²) in [4.78, 5) is 0. The first-order valence-corrected chi connectivity index (χ1v) is 13.9. The number of hydrogen-bond donors (Lipinski definition) is 1. The van der Waals surface area contributed by atoms with Crippen molar-refractivity contribution in [1.29, 1.82) is 0 Å². The van der Waals surface area contributed by atoms with Gasteiger partial charge in [-0.1, -0.05) is 73.0 Å². The second kappa shape index (κ2) is 8.48. The van der Waals surface area contributed by atoms with E-state index in [4.69, 9.17) is 0 Å². The van der Waals surface area contributed by atoms with Crippen LogP contribution < -0.4 is 0 Å². The van der Waals surface area contributed by atoms with E-state index in [-0.39, 0.29) is 6.10 Å². The molecule has 4 aliphatic carbocycles. The summed E-state index contributed by atoms with van der Waals surface area (Å²) in [5.41, 5.74) is 2.89. The Morgan fingerprint density at radius 3 is 2.39 bits per heavy atom. The van der Waals surface area contributed by atoms with Gasteiger partial charge in [0.15, 0.2) is 0 Å². The second-order valence-electron chi connectivity index (χ2n) is 13.5. The highest BCUT2D eigenvalue weighted by molar-refractivity contribution is 5.28. The van der Waals surface area contributed by atoms with Gasteiger partial charge in [-0.3, -0.25) is 0 Å². The molecule has 0 bridgehead atoms. The molecule has 4 aliphatic rings. The van der Waals surface area contributed by atoms with Crippen molar-refractivity contribution in [2.45, 2.75) is 125 Å². The fourth-order valence-electron chi connectivity index (χ4n) is 9.67. The fourth-order valence-corrected chi connectivity index (χ4v) is 9.67. The summed E-state index contributed by atoms with van der Waals surface area (Å²) in [5, 5.41) is 10.3. The standard InChI is InChI=1S/C30H52O/c1-8-22(20(2)3)10-9-21(4)25-15-18-29(6)26(25)11-12-27-28(5)16-14-24(31)19-23(28)13-17-30(27,29)7/h13,20-22,24-27,31H,8-12,14-19H2,1-7H3. The van der Waals surface area contributed by atoms with Gasteiger partial charge in [0.1, 0.15) is 0 Å². The molecule has 3 saturated carbocycles. The van der Waals surface area contributed by atoms with E-state index in [1.165, 1.54) is 57.8 Å². The van der Waals surface area contributed by atoms with Crippen molar-refractivity contribution in [3.8, 4) is 0 Å². The van der Waals surface area contributed by atoms with Crippen molar-refractivity contribution in [2.24, 2.45) is 51.8 Å². The Labute approximate surface area is 193 Å². The Balaban J connectivity index is 1.53. The monoisotopic (exact) mass is 428 g/mol. The Morgan fingerprint density at radius 2 is 1.71 bits per heavy atom. The molecule has 1 nitrogen and oxygen atoms in total. The van der Waals surface area contributed by atoms with Crippen molar-refractivity contribution in [3.63, 3.8) is 0 Å². The third-order valence-electron chi connectivity index (χ3n) is 12.1. The van der Waals surface area contributed by atoms with Gasteiger partial charge in [-0.2, -0.15) is 0 Å². The van der Waals surface area contributed by atoms with Crippen LogP contribution in [0, 0.1) is 51.8 Å². The van der Waals surface area contributed by atoms with Crippen molar-refractivity contribution < 1.29 is 5.11 Å². The van der Waals surface area contributed by atoms with Crippen molar-refractivity contribution >= 4 is 0 Å². The van der Waals surface area contributed by atoms with Crippen LogP contribution >= 0.6 is 0 Å². The highest BCUT2D eigenvalue weighted by Crippen LogP contribution is 2.73. The van der Waals surface area contributed by atoms with E-state index < -0.39 is 0 Å². The van der Waals surface area contributed by atoms with Gasteiger partial charge in [0.25, 0.3) is 0 Å². The van der Waals surface area contributed by atoms with Crippen molar-refractivity contribution in [3.05, 3.63) is 11.6 Å². The van der Waals surface area contributed by atoms with Crippen LogP contribution in [0.15, 0.2) is 11.6 Å². The summed E-state index contributed by atoms with van der Waals surface area (Å²) in [6, 6.07) is 0. The van der Waals surface area contributed by atoms with Crippen LogP contribution in [0.3, 0.4) is 0 Å². The zero-order valence-electron chi connectivity index (χ0n) is 21.8. The average molecular weight is 429 g/mol. The molecule has 1 heteroatoms. The highest BCUT2D eigenvalue weighted by Gasteiger charge is 2.65. The summed E-state index contributed by atoms with van der Waals surface area (Å²) in [6.45, 7) is 17.8. The largest absolute Gasteiger partial charge is 0.393 e. The number of hydrogen-bond acceptors (Lipinski definition) is 1. The Kier molecular flexibility index (Phi) is 6.53. The molecule has 0 saturated heterocycles. The third-order valence-corrected chi connectivity index (χ3v) is 12.1. The van der Waals surface area contributed by atoms with E-state index in [9.17, 15) is 5.11 Å². The lowest BCUT2D eigenvalue weighted by molar-refractivity contribution is -0.130. The van der Waals surface area contributed by atoms with Crippen LogP contribution in [0.1, 0.15) is 119 Å². The minimum Gasteiger partial charge on any atom is -0.393 e. The average Bonchev–Trinajstić information content (AvgIpc) is 3.07. The van der Waals surface area contributed by atoms with Crippen molar-refractivity contribution in [1.82, 2.24) is 0 Å². The third kappa shape index (κ3) is 3.68. The van der Waals surface area contributed by atoms with E-state index in [2.05, 4.69) is 54.5 Å². The molecule has 9 unspecified atom stereocenters. The predicted molar refractivity (Wildman–Crippen MR) is 133 cm³/mol. The molecule has 0 heterocycles. The first kappa shape index (κ1) is 23.8. The zero-order chi connectivity index (χ0) is 22.6. The molecule has 0 aromatic heterocycles. The first-order valence-electron chi connectivity index (χ1n) is 13.9. The number of aliphatic hydroxyl groups is 1. The van der Waals surface area contributed by atoms with Crippen molar-refractivity contribution in [2.75, 3.05) is 0 Å². The quantitative estimate of drug-likeness (QED) is 0.421. The van der Waals surface area contributed by atoms with E-state index in [1.807, 2.05) is 0 Å². The molecule has 3 fully saturated rings. The molecule has 0 amide bonds. The van der Waals surface area contributed by atoms with Gasteiger partial charge in [-0.25, -0.2) is 0 Å². The van der Waals surface area contributed by atoms with Crippen LogP contribution in [-0.4, -0.2) is 11.2 Å². The van der Waals surface area contributed by atoms with Gasteiger partial charge in [-0.05, 0) is 110 Å². The molecular formula is C30H52O. The predicted octanol–water partition coefficient (Wildman–Crippen LogP) is 8.41. The normalized spacial score (nSPS) is 46.7. The minimum absolute atomic E-state index is 0.0925. The maximum Gasteiger partial charge on any atom is 0.0577 e. The Morgan fingerprint density at radius 1 is 0.968 bits per heavy atom. The molecule has 0 aromatic rings. The van der Waals surface area contributed by atoms with Crippen LogP contribution in [0.4, 0.5) is 0 Å². The number of fused-ring (bicyclic) bond motifs is 5. The number of aliphatic hydroxyl groups excluding tert-OH is 1. The van der Waals surface area contributed by atoms with E-state index in [0.29, 0.717) is 16.2 Å². The summed E-state index contributed by atoms with van der Waals surface area (Å²) in [7, 11) is 0. The van der Waals surface area contributed by atoms with Crippen LogP contribution in [0.5, 0.6) is 0 Å². The summed E-state index contributed by atoms with van der Waals surface area (Å²) in [5.74, 6) is 5.31. The summed E-state index contributed by atoms with van der Waals surface area (Å²) >= 11 is 0. The summed E-state index contributed by atoms with van der Waals surface area (Å²) in [6.07, 6.45) is 16.9. The lowest BCUT2D eigenvalue weighted by Gasteiger charge is -2.65. The van der Waals surface area contributed by atoms with E-state index in [0.717, 1.165) is 48.3 Å². The Hall–Kier alpha value is -0.300. The van der Waals surface area contributed by atoms with Gasteiger partial charge in [0.05, 0.1) is 6.10 Å². The van der Waals surface area contributed by atoms with Crippen LogP contribution in [0.2, 0.25) is 0 Å². The summed E-state index contributed by atoms with van der Waals surface area (Å²) < 4.78 is 0. The van der Waals surface area contributed by atoms with Crippen LogP contribution in [-0.2, 0) is 0 Å². The van der Waals surface area contributed by atoms with Gasteiger partial charge in [0.2, 0.25) is 0 Å². The smallest absolute Gasteiger partial charge is 0.0577 e. The van der Waals surface area contributed by atoms with Gasteiger partial charge >= 0.3 is 0 Å². The van der Waals surface area contributed by atoms with Gasteiger partial charge in [0, 0.05) is 0 Å². The molecule has 0 spiro atoms. The maximum absolute atomic E-state index is 10.3. The number of allylic oxidation sites excluding steroid dienone is 1. The van der Waals surface area contributed by atoms with E-state index >= 15 is 0 Å². The topological polar surface area (TPSA) is 20.2 Å². The maximum atomic E-state index is 10.3. The molecule has 4 rings (SSSR count). The molecule has 0 radical (unpaired) electrons. The molecule has 1 N–H and O–H groups in total. The Bertz CT molecular complexity index is 678. The fraction of sp³-hybridized carbons (Fsp3) is 0.933. The highest BCUT2D eigenvalue weighted by atomic mass is 16.3. The van der Waals surface area contributed by atoms with Gasteiger partial charge < -0.3 is 5.11 Å². The molecular weight excluding hydrogens is 376 g/mol. The molecule has 31 heavy (non-hydrogen) atoms. The van der Waals surface area contributed by atoms with Crippen LogP contribution in [0.25, 0.3) is 0 Å². The molecule has 0 aliphatic heterocycles. The second-order valence-corrected chi connectivity index (χ2v) is 13.5. The molecule has 9 atom stereocenters. The molecule has 0 aromatic carbocycles. The SMILES string of the molecule is CCC(CCC(C)C1CCC2(C)C1CCC1C3(C)CCC(O)CC3=CCC12C)C(C)C. The number of rotatable bonds is 6. The zero-order valence-corrected chi connectivity index (χ0v) is 21.8. The molecule has 178 valence electrons. The van der Waals surface area contributed by atoms with E-state index in [1.54, 1.807) is 5.57 Å². The lowest BCUT2D eigenvalue weighted by atomic mass is 9.40. The first-order chi connectivity index (χ1) is 14.6. The lowest BCUT2D eigenvalue weighted by Crippen LogP contribution is -2.57. The van der Waals surface area contributed by atoms with Gasteiger partial charge in [-0.15, -0.1) is 0 Å². The minimum atomic E-state index is -0.0925.